The van der Waals surface area contributed by atoms with Crippen molar-refractivity contribution < 1.29 is 9.72 Å². The second-order valence-electron chi connectivity index (χ2n) is 5.44. The zero-order chi connectivity index (χ0) is 18.5. The highest BCUT2D eigenvalue weighted by atomic mass is 35.5. The van der Waals surface area contributed by atoms with Crippen LogP contribution < -0.4 is 5.32 Å². The number of amides is 1. The molecule has 0 bridgehead atoms. The predicted octanol–water partition coefficient (Wildman–Crippen LogP) is 2.80. The fourth-order valence-corrected chi connectivity index (χ4v) is 2.67. The van der Waals surface area contributed by atoms with Gasteiger partial charge < -0.3 is 5.32 Å². The average Bonchev–Trinajstić information content (AvgIpc) is 3.15. The van der Waals surface area contributed by atoms with Gasteiger partial charge in [0.25, 0.3) is 11.6 Å². The fourth-order valence-electron chi connectivity index (χ4n) is 2.45. The molecule has 0 spiro atoms. The Morgan fingerprint density at radius 1 is 1.27 bits per heavy atom. The van der Waals surface area contributed by atoms with Crippen LogP contribution in [0, 0.1) is 10.1 Å². The standard InChI is InChI=1S/C17H14ClN5O3/c18-14-3-1-2-12(8-14)6-7-20-17(24)13-4-5-15(16(9-13)23(25)26)22-11-19-10-21-22/h1-5,8-11H,6-7H2,(H,20,24). The molecule has 3 rings (SSSR count). The molecule has 0 radical (unpaired) electrons. The van der Waals surface area contributed by atoms with E-state index in [4.69, 9.17) is 11.6 Å². The van der Waals surface area contributed by atoms with Crippen LogP contribution in [-0.2, 0) is 6.42 Å². The molecule has 1 N–H and O–H groups in total. The molecule has 3 aromatic rings. The predicted molar refractivity (Wildman–Crippen MR) is 95.5 cm³/mol. The van der Waals surface area contributed by atoms with Gasteiger partial charge in [0.1, 0.15) is 18.3 Å². The lowest BCUT2D eigenvalue weighted by molar-refractivity contribution is -0.384. The van der Waals surface area contributed by atoms with Gasteiger partial charge in [0.15, 0.2) is 0 Å². The van der Waals surface area contributed by atoms with Gasteiger partial charge in [-0.3, -0.25) is 14.9 Å². The summed E-state index contributed by atoms with van der Waals surface area (Å²) in [5.74, 6) is -0.389. The normalized spacial score (nSPS) is 10.5. The maximum Gasteiger partial charge on any atom is 0.295 e. The summed E-state index contributed by atoms with van der Waals surface area (Å²) in [6.45, 7) is 0.387. The molecule has 0 atom stereocenters. The zero-order valence-electron chi connectivity index (χ0n) is 13.5. The third-order valence-electron chi connectivity index (χ3n) is 3.69. The topological polar surface area (TPSA) is 103 Å². The van der Waals surface area contributed by atoms with Gasteiger partial charge in [-0.1, -0.05) is 23.7 Å². The lowest BCUT2D eigenvalue weighted by Crippen LogP contribution is -2.25. The number of nitrogens with one attached hydrogen (secondary N) is 1. The van der Waals surface area contributed by atoms with Crippen LogP contribution in [0.4, 0.5) is 5.69 Å². The van der Waals surface area contributed by atoms with E-state index in [1.165, 1.54) is 35.5 Å². The molecular weight excluding hydrogens is 358 g/mol. The Labute approximate surface area is 153 Å². The average molecular weight is 372 g/mol. The minimum absolute atomic E-state index is 0.201. The first-order valence-electron chi connectivity index (χ1n) is 7.70. The van der Waals surface area contributed by atoms with Crippen molar-refractivity contribution in [3.05, 3.63) is 81.4 Å². The number of rotatable bonds is 6. The summed E-state index contributed by atoms with van der Waals surface area (Å²) >= 11 is 5.92. The van der Waals surface area contributed by atoms with Crippen LogP contribution in [-0.4, -0.2) is 32.1 Å². The van der Waals surface area contributed by atoms with Crippen molar-refractivity contribution in [2.24, 2.45) is 0 Å². The number of nitrogens with zero attached hydrogens (tertiary/aromatic N) is 4. The van der Waals surface area contributed by atoms with Crippen molar-refractivity contribution in [1.82, 2.24) is 20.1 Å². The summed E-state index contributed by atoms with van der Waals surface area (Å²) in [7, 11) is 0. The first-order chi connectivity index (χ1) is 12.5. The second kappa shape index (κ2) is 7.75. The fraction of sp³-hybridized carbons (Fsp3) is 0.118. The Kier molecular flexibility index (Phi) is 5.23. The number of nitro benzene ring substituents is 1. The molecule has 0 aliphatic rings. The molecular formula is C17H14ClN5O3. The largest absolute Gasteiger partial charge is 0.352 e. The Hall–Kier alpha value is -3.26. The van der Waals surface area contributed by atoms with E-state index in [2.05, 4.69) is 15.4 Å². The number of carbonyl (C=O) groups is 1. The van der Waals surface area contributed by atoms with Crippen LogP contribution in [0.3, 0.4) is 0 Å². The van der Waals surface area contributed by atoms with Crippen LogP contribution in [0.5, 0.6) is 0 Å². The van der Waals surface area contributed by atoms with Gasteiger partial charge in [-0.05, 0) is 36.2 Å². The van der Waals surface area contributed by atoms with Crippen LogP contribution in [0.1, 0.15) is 15.9 Å². The number of hydrogen-bond acceptors (Lipinski definition) is 5. The Bertz CT molecular complexity index is 943. The zero-order valence-corrected chi connectivity index (χ0v) is 14.3. The van der Waals surface area contributed by atoms with E-state index in [1.54, 1.807) is 6.07 Å². The monoisotopic (exact) mass is 371 g/mol. The van der Waals surface area contributed by atoms with Gasteiger partial charge in [0, 0.05) is 23.2 Å². The Morgan fingerprint density at radius 3 is 2.81 bits per heavy atom. The first kappa shape index (κ1) is 17.6. The molecule has 0 saturated carbocycles. The quantitative estimate of drug-likeness (QED) is 0.530. The van der Waals surface area contributed by atoms with Crippen molar-refractivity contribution in [2.45, 2.75) is 6.42 Å². The third-order valence-corrected chi connectivity index (χ3v) is 3.92. The molecule has 0 aliphatic heterocycles. The van der Waals surface area contributed by atoms with E-state index in [0.717, 1.165) is 5.56 Å². The van der Waals surface area contributed by atoms with E-state index < -0.39 is 4.92 Å². The summed E-state index contributed by atoms with van der Waals surface area (Å²) in [5.41, 5.74) is 1.21. The summed E-state index contributed by atoms with van der Waals surface area (Å²) in [4.78, 5) is 26.8. The van der Waals surface area contributed by atoms with Gasteiger partial charge in [-0.15, -0.1) is 0 Å². The van der Waals surface area contributed by atoms with Gasteiger partial charge in [0.2, 0.25) is 0 Å². The first-order valence-corrected chi connectivity index (χ1v) is 8.08. The molecule has 0 unspecified atom stereocenters. The Balaban J connectivity index is 1.71. The summed E-state index contributed by atoms with van der Waals surface area (Å²) < 4.78 is 1.28. The maximum absolute atomic E-state index is 12.3. The van der Waals surface area contributed by atoms with Crippen molar-refractivity contribution in [3.8, 4) is 5.69 Å². The maximum atomic E-state index is 12.3. The lowest BCUT2D eigenvalue weighted by Gasteiger charge is -2.07. The van der Waals surface area contributed by atoms with Crippen LogP contribution in [0.25, 0.3) is 5.69 Å². The highest BCUT2D eigenvalue weighted by Gasteiger charge is 2.19. The van der Waals surface area contributed by atoms with Crippen molar-refractivity contribution in [2.75, 3.05) is 6.54 Å². The molecule has 8 nitrogen and oxygen atoms in total. The lowest BCUT2D eigenvalue weighted by atomic mass is 10.1. The second-order valence-corrected chi connectivity index (χ2v) is 5.87. The van der Waals surface area contributed by atoms with E-state index >= 15 is 0 Å². The minimum Gasteiger partial charge on any atom is -0.352 e. The number of halogens is 1. The number of hydrogen-bond donors (Lipinski definition) is 1. The smallest absolute Gasteiger partial charge is 0.295 e. The molecule has 1 heterocycles. The van der Waals surface area contributed by atoms with Crippen molar-refractivity contribution in [1.29, 1.82) is 0 Å². The molecule has 26 heavy (non-hydrogen) atoms. The molecule has 0 fully saturated rings. The molecule has 1 amide bonds. The van der Waals surface area contributed by atoms with Crippen LogP contribution in [0.15, 0.2) is 55.1 Å². The van der Waals surface area contributed by atoms with Crippen LogP contribution in [0.2, 0.25) is 5.02 Å². The third kappa shape index (κ3) is 4.04. The number of nitro groups is 1. The van der Waals surface area contributed by atoms with E-state index in [1.807, 2.05) is 18.2 Å². The minimum atomic E-state index is -0.556. The molecule has 0 saturated heterocycles. The molecule has 2 aromatic carbocycles. The van der Waals surface area contributed by atoms with Crippen molar-refractivity contribution >= 4 is 23.2 Å². The van der Waals surface area contributed by atoms with Gasteiger partial charge in [0.05, 0.1) is 4.92 Å². The van der Waals surface area contributed by atoms with E-state index in [-0.39, 0.29) is 22.8 Å². The summed E-state index contributed by atoms with van der Waals surface area (Å²) in [6, 6.07) is 11.6. The van der Waals surface area contributed by atoms with Crippen molar-refractivity contribution in [3.63, 3.8) is 0 Å². The number of aromatic nitrogens is 3. The molecule has 132 valence electrons. The van der Waals surface area contributed by atoms with Crippen LogP contribution >= 0.6 is 11.6 Å². The highest BCUT2D eigenvalue weighted by Crippen LogP contribution is 2.23. The van der Waals surface area contributed by atoms with Gasteiger partial charge in [-0.2, -0.15) is 5.10 Å². The molecule has 1 aromatic heterocycles. The van der Waals surface area contributed by atoms with Gasteiger partial charge in [-0.25, -0.2) is 9.67 Å². The molecule has 9 heteroatoms. The number of benzene rings is 2. The number of carbonyl (C=O) groups excluding carboxylic acids is 1. The van der Waals surface area contributed by atoms with E-state index in [0.29, 0.717) is 18.0 Å². The van der Waals surface area contributed by atoms with Gasteiger partial charge >= 0.3 is 0 Å². The summed E-state index contributed by atoms with van der Waals surface area (Å²) in [5, 5.41) is 18.6. The summed E-state index contributed by atoms with van der Waals surface area (Å²) in [6.07, 6.45) is 3.23. The molecule has 0 aliphatic carbocycles. The highest BCUT2D eigenvalue weighted by molar-refractivity contribution is 6.30. The SMILES string of the molecule is O=C(NCCc1cccc(Cl)c1)c1ccc(-n2cncn2)c([N+](=O)[O-])c1. The van der Waals surface area contributed by atoms with E-state index in [9.17, 15) is 14.9 Å². The Morgan fingerprint density at radius 2 is 2.12 bits per heavy atom.